The molecule has 5 nitrogen and oxygen atoms in total. The largest absolute Gasteiger partial charge is 0.303 e. The Morgan fingerprint density at radius 1 is 0.962 bits per heavy atom. The number of pyridine rings is 1. The Balaban J connectivity index is 1.46. The highest BCUT2D eigenvalue weighted by molar-refractivity contribution is 7.89. The number of rotatable bonds is 4. The summed E-state index contributed by atoms with van der Waals surface area (Å²) in [7, 11) is -3.49. The molecule has 0 bridgehead atoms. The van der Waals surface area contributed by atoms with Crippen LogP contribution in [0.25, 0.3) is 10.9 Å². The molecule has 6 heteroatoms. The minimum atomic E-state index is -3.49. The number of sulfonamides is 1. The molecular weight excluding hydrogens is 346 g/mol. The third-order valence-corrected chi connectivity index (χ3v) is 7.68. The van der Waals surface area contributed by atoms with E-state index in [1.165, 1.54) is 32.4 Å². The third-order valence-electron chi connectivity index (χ3n) is 5.75. The fourth-order valence-corrected chi connectivity index (χ4v) is 5.90. The predicted molar refractivity (Wildman–Crippen MR) is 104 cm³/mol. The maximum absolute atomic E-state index is 13.2. The van der Waals surface area contributed by atoms with Gasteiger partial charge < -0.3 is 4.90 Å². The van der Waals surface area contributed by atoms with Crippen LogP contribution in [-0.4, -0.2) is 55.3 Å². The van der Waals surface area contributed by atoms with E-state index in [0.717, 1.165) is 24.8 Å². The van der Waals surface area contributed by atoms with Crippen LogP contribution in [0.1, 0.15) is 32.1 Å². The Labute approximate surface area is 156 Å². The number of para-hydroxylation sites is 1. The smallest absolute Gasteiger partial charge is 0.245 e. The molecule has 1 aromatic carbocycles. The van der Waals surface area contributed by atoms with Gasteiger partial charge >= 0.3 is 0 Å². The van der Waals surface area contributed by atoms with Gasteiger partial charge in [0.1, 0.15) is 4.90 Å². The normalized spacial score (nSPS) is 21.2. The summed E-state index contributed by atoms with van der Waals surface area (Å²) in [5.41, 5.74) is 0.574. The zero-order chi connectivity index (χ0) is 18.0. The van der Waals surface area contributed by atoms with E-state index in [2.05, 4.69) is 9.88 Å². The molecule has 2 saturated heterocycles. The van der Waals surface area contributed by atoms with E-state index >= 15 is 0 Å². The molecule has 0 spiro atoms. The molecule has 0 amide bonds. The molecule has 2 aliphatic rings. The van der Waals surface area contributed by atoms with Crippen LogP contribution in [0.15, 0.2) is 41.4 Å². The van der Waals surface area contributed by atoms with Gasteiger partial charge in [-0.1, -0.05) is 24.6 Å². The molecule has 26 heavy (non-hydrogen) atoms. The lowest BCUT2D eigenvalue weighted by Crippen LogP contribution is -2.42. The van der Waals surface area contributed by atoms with Gasteiger partial charge in [-0.3, -0.25) is 4.98 Å². The van der Waals surface area contributed by atoms with Crippen LogP contribution in [0.3, 0.4) is 0 Å². The second-order valence-electron chi connectivity index (χ2n) is 7.54. The van der Waals surface area contributed by atoms with Gasteiger partial charge in [-0.25, -0.2) is 8.42 Å². The van der Waals surface area contributed by atoms with Crippen molar-refractivity contribution in [1.29, 1.82) is 0 Å². The number of aromatic nitrogens is 1. The van der Waals surface area contributed by atoms with Gasteiger partial charge in [-0.05, 0) is 56.8 Å². The molecule has 1 aromatic heterocycles. The molecule has 140 valence electrons. The van der Waals surface area contributed by atoms with Crippen molar-refractivity contribution < 1.29 is 8.42 Å². The molecule has 0 aliphatic carbocycles. The first kappa shape index (κ1) is 17.9. The molecule has 0 saturated carbocycles. The monoisotopic (exact) mass is 373 g/mol. The highest BCUT2D eigenvalue weighted by Crippen LogP contribution is 2.28. The topological polar surface area (TPSA) is 53.5 Å². The molecular formula is C20H27N3O2S. The van der Waals surface area contributed by atoms with E-state index in [-0.39, 0.29) is 0 Å². The fraction of sp³-hybridized carbons (Fsp3) is 0.550. The SMILES string of the molecule is O=S(=O)(c1cccc2cccnc12)N1CCC(CN2CCCCC2)CC1. The number of hydrogen-bond acceptors (Lipinski definition) is 4. The van der Waals surface area contributed by atoms with Crippen molar-refractivity contribution in [2.45, 2.75) is 37.0 Å². The minimum absolute atomic E-state index is 0.338. The van der Waals surface area contributed by atoms with E-state index in [4.69, 9.17) is 0 Å². The van der Waals surface area contributed by atoms with E-state index in [1.54, 1.807) is 22.6 Å². The van der Waals surface area contributed by atoms with Crippen LogP contribution in [0.4, 0.5) is 0 Å². The lowest BCUT2D eigenvalue weighted by atomic mass is 9.96. The van der Waals surface area contributed by atoms with Crippen LogP contribution in [-0.2, 0) is 10.0 Å². The summed E-state index contributed by atoms with van der Waals surface area (Å²) in [6.07, 6.45) is 7.53. The number of likely N-dealkylation sites (tertiary alicyclic amines) is 1. The first-order chi connectivity index (χ1) is 12.6. The van der Waals surface area contributed by atoms with Crippen molar-refractivity contribution in [1.82, 2.24) is 14.2 Å². The number of benzene rings is 1. The number of hydrogen-bond donors (Lipinski definition) is 0. The van der Waals surface area contributed by atoms with Gasteiger partial charge in [-0.15, -0.1) is 0 Å². The van der Waals surface area contributed by atoms with Crippen LogP contribution in [0.2, 0.25) is 0 Å². The number of piperidine rings is 2. The molecule has 0 unspecified atom stereocenters. The highest BCUT2D eigenvalue weighted by atomic mass is 32.2. The first-order valence-corrected chi connectivity index (χ1v) is 11.1. The maximum Gasteiger partial charge on any atom is 0.245 e. The van der Waals surface area contributed by atoms with Gasteiger partial charge in [0, 0.05) is 31.2 Å². The molecule has 2 fully saturated rings. The molecule has 2 aliphatic heterocycles. The summed E-state index contributed by atoms with van der Waals surface area (Å²) in [5, 5.41) is 0.869. The molecule has 0 atom stereocenters. The molecule has 2 aromatic rings. The number of fused-ring (bicyclic) bond motifs is 1. The zero-order valence-electron chi connectivity index (χ0n) is 15.2. The third kappa shape index (κ3) is 3.63. The lowest BCUT2D eigenvalue weighted by molar-refractivity contribution is 0.161. The van der Waals surface area contributed by atoms with Crippen molar-refractivity contribution in [3.05, 3.63) is 36.5 Å². The quantitative estimate of drug-likeness (QED) is 0.826. The Morgan fingerprint density at radius 2 is 1.69 bits per heavy atom. The minimum Gasteiger partial charge on any atom is -0.303 e. The van der Waals surface area contributed by atoms with Crippen LogP contribution >= 0.6 is 0 Å². The summed E-state index contributed by atoms with van der Waals surface area (Å²) in [4.78, 5) is 7.22. The first-order valence-electron chi connectivity index (χ1n) is 9.71. The van der Waals surface area contributed by atoms with Gasteiger partial charge in [0.25, 0.3) is 0 Å². The summed E-state index contributed by atoms with van der Waals surface area (Å²) in [6, 6.07) is 9.15. The molecule has 0 radical (unpaired) electrons. The fourth-order valence-electron chi connectivity index (χ4n) is 4.26. The molecule has 3 heterocycles. The van der Waals surface area contributed by atoms with E-state index < -0.39 is 10.0 Å². The van der Waals surface area contributed by atoms with Gasteiger partial charge in [0.05, 0.1) is 5.52 Å². The highest BCUT2D eigenvalue weighted by Gasteiger charge is 2.31. The molecule has 4 rings (SSSR count). The van der Waals surface area contributed by atoms with Crippen LogP contribution in [0.5, 0.6) is 0 Å². The van der Waals surface area contributed by atoms with Gasteiger partial charge in [0.2, 0.25) is 10.0 Å². The number of nitrogens with zero attached hydrogens (tertiary/aromatic N) is 3. The predicted octanol–water partition coefficient (Wildman–Crippen LogP) is 3.12. The lowest BCUT2D eigenvalue weighted by Gasteiger charge is -2.35. The summed E-state index contributed by atoms with van der Waals surface area (Å²) in [6.45, 7) is 4.78. The van der Waals surface area contributed by atoms with E-state index in [0.29, 0.717) is 29.4 Å². The Morgan fingerprint density at radius 3 is 2.46 bits per heavy atom. The van der Waals surface area contributed by atoms with Crippen LogP contribution in [0, 0.1) is 5.92 Å². The van der Waals surface area contributed by atoms with Crippen molar-refractivity contribution in [3.63, 3.8) is 0 Å². The van der Waals surface area contributed by atoms with Crippen LogP contribution < -0.4 is 0 Å². The van der Waals surface area contributed by atoms with Crippen molar-refractivity contribution >= 4 is 20.9 Å². The average Bonchev–Trinajstić information content (AvgIpc) is 2.69. The van der Waals surface area contributed by atoms with Gasteiger partial charge in [0.15, 0.2) is 0 Å². The Bertz CT molecular complexity index is 849. The second-order valence-corrected chi connectivity index (χ2v) is 9.45. The van der Waals surface area contributed by atoms with Crippen molar-refractivity contribution in [2.24, 2.45) is 5.92 Å². The maximum atomic E-state index is 13.2. The Hall–Kier alpha value is -1.50. The molecule has 0 N–H and O–H groups in total. The summed E-state index contributed by atoms with van der Waals surface area (Å²) >= 11 is 0. The second kappa shape index (κ2) is 7.62. The standard InChI is InChI=1S/C20H27N3O2S/c24-26(25,19-8-4-6-18-7-5-11-21-20(18)19)23-14-9-17(10-15-23)16-22-12-2-1-3-13-22/h4-8,11,17H,1-3,9-10,12-16H2. The summed E-state index contributed by atoms with van der Waals surface area (Å²) in [5.74, 6) is 0.616. The van der Waals surface area contributed by atoms with Gasteiger partial charge in [-0.2, -0.15) is 4.31 Å². The zero-order valence-corrected chi connectivity index (χ0v) is 16.0. The average molecular weight is 374 g/mol. The van der Waals surface area contributed by atoms with E-state index in [1.807, 2.05) is 18.2 Å². The Kier molecular flexibility index (Phi) is 5.25. The van der Waals surface area contributed by atoms with Crippen molar-refractivity contribution in [2.75, 3.05) is 32.7 Å². The summed E-state index contributed by atoms with van der Waals surface area (Å²) < 4.78 is 28.0. The van der Waals surface area contributed by atoms with Crippen molar-refractivity contribution in [3.8, 4) is 0 Å². The van der Waals surface area contributed by atoms with E-state index in [9.17, 15) is 8.42 Å².